The lowest BCUT2D eigenvalue weighted by Gasteiger charge is -2.26. The molecule has 23 heavy (non-hydrogen) atoms. The predicted octanol–water partition coefficient (Wildman–Crippen LogP) is 2.95. The smallest absolute Gasteiger partial charge is 0.271 e. The largest absolute Gasteiger partial charge is 0.357 e. The summed E-state index contributed by atoms with van der Waals surface area (Å²) in [6.07, 6.45) is 3.20. The number of rotatable bonds is 8. The van der Waals surface area contributed by atoms with E-state index in [0.29, 0.717) is 13.2 Å². The Morgan fingerprint density at radius 3 is 2.74 bits per heavy atom. The van der Waals surface area contributed by atoms with Gasteiger partial charge in [-0.1, -0.05) is 37.1 Å². The zero-order chi connectivity index (χ0) is 16.7. The normalized spacial score (nSPS) is 18.8. The van der Waals surface area contributed by atoms with Crippen LogP contribution in [0.15, 0.2) is 24.3 Å². The first-order valence-corrected chi connectivity index (χ1v) is 8.36. The molecule has 5 nitrogen and oxygen atoms in total. The molecule has 0 saturated carbocycles. The molecule has 0 bridgehead atoms. The lowest BCUT2D eigenvalue weighted by Crippen LogP contribution is -2.43. The van der Waals surface area contributed by atoms with Crippen molar-refractivity contribution in [2.75, 3.05) is 32.0 Å². The second kappa shape index (κ2) is 9.23. The summed E-state index contributed by atoms with van der Waals surface area (Å²) >= 11 is 5.96. The van der Waals surface area contributed by atoms with Crippen LogP contribution in [0, 0.1) is 0 Å². The molecular formula is C17H24ClNO4. The van der Waals surface area contributed by atoms with Gasteiger partial charge in [-0.05, 0) is 30.5 Å². The molecule has 6 heteroatoms. The van der Waals surface area contributed by atoms with E-state index in [0.717, 1.165) is 24.9 Å². The summed E-state index contributed by atoms with van der Waals surface area (Å²) in [5, 5.41) is 0. The summed E-state index contributed by atoms with van der Waals surface area (Å²) in [6, 6.07) is 7.98. The Labute approximate surface area is 142 Å². The van der Waals surface area contributed by atoms with Gasteiger partial charge in [0.1, 0.15) is 12.9 Å². The van der Waals surface area contributed by atoms with Gasteiger partial charge in [0.15, 0.2) is 0 Å². The van der Waals surface area contributed by atoms with E-state index < -0.39 is 5.56 Å². The summed E-state index contributed by atoms with van der Waals surface area (Å²) < 4.78 is 15.6. The number of benzene rings is 1. The number of aryl methyl sites for hydroxylation is 1. The molecule has 0 radical (unpaired) electrons. The molecule has 1 fully saturated rings. The van der Waals surface area contributed by atoms with Crippen molar-refractivity contribution >= 4 is 23.2 Å². The van der Waals surface area contributed by atoms with Crippen molar-refractivity contribution in [3.8, 4) is 0 Å². The maximum absolute atomic E-state index is 12.5. The summed E-state index contributed by atoms with van der Waals surface area (Å²) in [7, 11) is 1.41. The molecule has 0 spiro atoms. The van der Waals surface area contributed by atoms with Gasteiger partial charge in [-0.2, -0.15) is 0 Å². The number of nitrogens with zero attached hydrogens (tertiary/aromatic N) is 1. The molecule has 0 aliphatic carbocycles. The third-order valence-corrected chi connectivity index (χ3v) is 4.18. The highest BCUT2D eigenvalue weighted by Crippen LogP contribution is 2.21. The minimum atomic E-state index is -1.02. The molecule has 2 atom stereocenters. The zero-order valence-corrected chi connectivity index (χ0v) is 14.4. The van der Waals surface area contributed by atoms with Crippen molar-refractivity contribution < 1.29 is 19.0 Å². The van der Waals surface area contributed by atoms with Crippen LogP contribution in [-0.2, 0) is 25.4 Å². The predicted molar refractivity (Wildman–Crippen MR) is 89.7 cm³/mol. The molecule has 1 aliphatic rings. The fourth-order valence-corrected chi connectivity index (χ4v) is 2.57. The van der Waals surface area contributed by atoms with Crippen molar-refractivity contribution in [1.82, 2.24) is 0 Å². The average Bonchev–Trinajstić information content (AvgIpc) is 3.10. The Balaban J connectivity index is 2.12. The number of hydrogen-bond acceptors (Lipinski definition) is 4. The SMILES string of the molecule is CCCCc1ccc(N(CC2COCO2)C(=O)C(Cl)OC)cc1. The van der Waals surface area contributed by atoms with Crippen molar-refractivity contribution in [2.45, 2.75) is 37.9 Å². The van der Waals surface area contributed by atoms with E-state index in [1.807, 2.05) is 24.3 Å². The van der Waals surface area contributed by atoms with E-state index in [-0.39, 0.29) is 18.8 Å². The molecule has 1 saturated heterocycles. The summed E-state index contributed by atoms with van der Waals surface area (Å²) in [5.41, 5.74) is 1.03. The molecule has 0 aromatic heterocycles. The number of ether oxygens (including phenoxy) is 3. The minimum absolute atomic E-state index is 0.153. The average molecular weight is 342 g/mol. The highest BCUT2D eigenvalue weighted by molar-refractivity contribution is 6.31. The highest BCUT2D eigenvalue weighted by Gasteiger charge is 2.28. The lowest BCUT2D eigenvalue weighted by molar-refractivity contribution is -0.124. The van der Waals surface area contributed by atoms with Crippen LogP contribution in [0.4, 0.5) is 5.69 Å². The quantitative estimate of drug-likeness (QED) is 0.682. The van der Waals surface area contributed by atoms with Crippen LogP contribution < -0.4 is 4.90 Å². The number of alkyl halides is 1. The Morgan fingerprint density at radius 2 is 2.17 bits per heavy atom. The van der Waals surface area contributed by atoms with Crippen molar-refractivity contribution in [3.05, 3.63) is 29.8 Å². The maximum atomic E-state index is 12.5. The maximum Gasteiger partial charge on any atom is 0.271 e. The van der Waals surface area contributed by atoms with Gasteiger partial charge in [-0.25, -0.2) is 0 Å². The lowest BCUT2D eigenvalue weighted by atomic mass is 10.1. The first-order valence-electron chi connectivity index (χ1n) is 7.92. The number of anilines is 1. The molecule has 2 unspecified atom stereocenters. The van der Waals surface area contributed by atoms with E-state index >= 15 is 0 Å². The van der Waals surface area contributed by atoms with Crippen LogP contribution in [0.1, 0.15) is 25.3 Å². The van der Waals surface area contributed by atoms with E-state index in [1.165, 1.54) is 12.7 Å². The van der Waals surface area contributed by atoms with Gasteiger partial charge in [0.2, 0.25) is 5.56 Å². The van der Waals surface area contributed by atoms with Gasteiger partial charge in [-0.3, -0.25) is 4.79 Å². The number of carbonyl (C=O) groups excluding carboxylic acids is 1. The van der Waals surface area contributed by atoms with Crippen molar-refractivity contribution in [1.29, 1.82) is 0 Å². The molecule has 128 valence electrons. The fourth-order valence-electron chi connectivity index (χ4n) is 2.45. The van der Waals surface area contributed by atoms with Gasteiger partial charge < -0.3 is 19.1 Å². The number of halogens is 1. The number of amides is 1. The summed E-state index contributed by atoms with van der Waals surface area (Å²) in [6.45, 7) is 3.29. The highest BCUT2D eigenvalue weighted by atomic mass is 35.5. The Morgan fingerprint density at radius 1 is 1.43 bits per heavy atom. The van der Waals surface area contributed by atoms with Gasteiger partial charge >= 0.3 is 0 Å². The molecule has 1 aromatic carbocycles. The number of hydrogen-bond donors (Lipinski definition) is 0. The Bertz CT molecular complexity index is 488. The van der Waals surface area contributed by atoms with Crippen LogP contribution in [0.3, 0.4) is 0 Å². The standard InChI is InChI=1S/C17H24ClNO4/c1-3-4-5-13-6-8-14(9-7-13)19(17(20)16(18)21-2)10-15-11-22-12-23-15/h6-9,15-16H,3-5,10-12H2,1-2H3. The molecule has 0 N–H and O–H groups in total. The van der Waals surface area contributed by atoms with Crippen LogP contribution in [0.25, 0.3) is 0 Å². The Hall–Kier alpha value is -1.14. The van der Waals surface area contributed by atoms with E-state index in [9.17, 15) is 4.79 Å². The van der Waals surface area contributed by atoms with Gasteiger partial charge in [0.05, 0.1) is 13.2 Å². The minimum Gasteiger partial charge on any atom is -0.357 e. The van der Waals surface area contributed by atoms with Crippen LogP contribution >= 0.6 is 11.6 Å². The van der Waals surface area contributed by atoms with E-state index in [2.05, 4.69) is 6.92 Å². The second-order valence-corrected chi connectivity index (χ2v) is 5.94. The summed E-state index contributed by atoms with van der Waals surface area (Å²) in [5.74, 6) is -0.300. The van der Waals surface area contributed by atoms with Crippen molar-refractivity contribution in [3.63, 3.8) is 0 Å². The third-order valence-electron chi connectivity index (χ3n) is 3.81. The zero-order valence-electron chi connectivity index (χ0n) is 13.7. The molecule has 1 aromatic rings. The first-order chi connectivity index (χ1) is 11.2. The fraction of sp³-hybridized carbons (Fsp3) is 0.588. The topological polar surface area (TPSA) is 48.0 Å². The monoisotopic (exact) mass is 341 g/mol. The molecule has 1 amide bonds. The van der Waals surface area contributed by atoms with E-state index in [4.69, 9.17) is 25.8 Å². The van der Waals surface area contributed by atoms with Crippen LogP contribution in [-0.4, -0.2) is 44.6 Å². The van der Waals surface area contributed by atoms with Crippen LogP contribution in [0.2, 0.25) is 0 Å². The van der Waals surface area contributed by atoms with Gasteiger partial charge in [-0.15, -0.1) is 0 Å². The van der Waals surface area contributed by atoms with Gasteiger partial charge in [0, 0.05) is 12.8 Å². The second-order valence-electron chi connectivity index (χ2n) is 5.55. The van der Waals surface area contributed by atoms with E-state index in [1.54, 1.807) is 4.90 Å². The molecule has 2 rings (SSSR count). The van der Waals surface area contributed by atoms with Crippen LogP contribution in [0.5, 0.6) is 0 Å². The third kappa shape index (κ3) is 5.18. The molecular weight excluding hydrogens is 318 g/mol. The number of unbranched alkanes of at least 4 members (excludes halogenated alkanes) is 1. The number of carbonyl (C=O) groups is 1. The molecule has 1 heterocycles. The van der Waals surface area contributed by atoms with Crippen molar-refractivity contribution in [2.24, 2.45) is 0 Å². The summed E-state index contributed by atoms with van der Waals surface area (Å²) in [4.78, 5) is 14.1. The Kier molecular flexibility index (Phi) is 7.30. The first kappa shape index (κ1) is 18.2. The molecule has 1 aliphatic heterocycles. The number of methoxy groups -OCH3 is 1. The van der Waals surface area contributed by atoms with Gasteiger partial charge in [0.25, 0.3) is 5.91 Å².